The minimum atomic E-state index is -0.115. The molecule has 94 valence electrons. The second-order valence-electron chi connectivity index (χ2n) is 4.90. The molecule has 2 aromatic rings. The molecular formula is C14H14BrNOS. The fraction of sp³-hybridized carbons (Fsp3) is 0.357. The van der Waals surface area contributed by atoms with Crippen molar-refractivity contribution >= 4 is 27.3 Å². The van der Waals surface area contributed by atoms with Crippen LogP contribution in [-0.4, -0.2) is 16.2 Å². The largest absolute Gasteiger partial charge is 0.393 e. The molecule has 18 heavy (non-hydrogen) atoms. The van der Waals surface area contributed by atoms with Gasteiger partial charge in [0.15, 0.2) is 0 Å². The summed E-state index contributed by atoms with van der Waals surface area (Å²) < 4.78 is 1.10. The summed E-state index contributed by atoms with van der Waals surface area (Å²) in [7, 11) is 0. The Labute approximate surface area is 119 Å². The Bertz CT molecular complexity index is 555. The highest BCUT2D eigenvalue weighted by atomic mass is 79.9. The molecule has 1 aliphatic rings. The lowest BCUT2D eigenvalue weighted by atomic mass is 9.83. The highest BCUT2D eigenvalue weighted by Gasteiger charge is 2.30. The zero-order chi connectivity index (χ0) is 12.7. The maximum Gasteiger partial charge on any atom is 0.0964 e. The SMILES string of the molecule is Cc1cc(Br)cc(-c2cnc(C3CC(O)C3)s2)c1. The van der Waals surface area contributed by atoms with Gasteiger partial charge in [0.25, 0.3) is 0 Å². The number of halogens is 1. The topological polar surface area (TPSA) is 33.1 Å². The van der Waals surface area contributed by atoms with Gasteiger partial charge in [0.1, 0.15) is 0 Å². The average Bonchev–Trinajstić information content (AvgIpc) is 2.72. The van der Waals surface area contributed by atoms with Crippen LogP contribution in [0, 0.1) is 6.92 Å². The Morgan fingerprint density at radius 3 is 2.78 bits per heavy atom. The lowest BCUT2D eigenvalue weighted by Gasteiger charge is -2.29. The van der Waals surface area contributed by atoms with Crippen LogP contribution < -0.4 is 0 Å². The third-order valence-electron chi connectivity index (χ3n) is 3.31. The first-order chi connectivity index (χ1) is 8.61. The zero-order valence-electron chi connectivity index (χ0n) is 10.1. The summed E-state index contributed by atoms with van der Waals surface area (Å²) in [5, 5.41) is 10.5. The molecule has 1 N–H and O–H groups in total. The van der Waals surface area contributed by atoms with E-state index in [1.165, 1.54) is 16.0 Å². The van der Waals surface area contributed by atoms with Gasteiger partial charge < -0.3 is 5.11 Å². The number of nitrogens with zero attached hydrogens (tertiary/aromatic N) is 1. The highest BCUT2D eigenvalue weighted by molar-refractivity contribution is 9.10. The molecule has 4 heteroatoms. The Hall–Kier alpha value is -0.710. The number of aryl methyl sites for hydroxylation is 1. The van der Waals surface area contributed by atoms with Crippen molar-refractivity contribution < 1.29 is 5.11 Å². The van der Waals surface area contributed by atoms with Crippen LogP contribution in [0.5, 0.6) is 0 Å². The van der Waals surface area contributed by atoms with E-state index in [-0.39, 0.29) is 6.10 Å². The summed E-state index contributed by atoms with van der Waals surface area (Å²) in [4.78, 5) is 5.70. The summed E-state index contributed by atoms with van der Waals surface area (Å²) in [5.74, 6) is 0.465. The number of aromatic nitrogens is 1. The van der Waals surface area contributed by atoms with E-state index < -0.39 is 0 Å². The van der Waals surface area contributed by atoms with Gasteiger partial charge >= 0.3 is 0 Å². The quantitative estimate of drug-likeness (QED) is 0.901. The molecule has 1 aromatic carbocycles. The molecule has 1 heterocycles. The molecule has 0 aliphatic heterocycles. The predicted octanol–water partition coefficient (Wildman–Crippen LogP) is 4.12. The van der Waals surface area contributed by atoms with E-state index in [1.807, 2.05) is 6.20 Å². The molecule has 0 radical (unpaired) electrons. The Balaban J connectivity index is 1.88. The van der Waals surface area contributed by atoms with Crippen molar-refractivity contribution in [2.45, 2.75) is 31.8 Å². The standard InChI is InChI=1S/C14H14BrNOS/c1-8-2-9(4-11(15)3-8)13-7-16-14(18-13)10-5-12(17)6-10/h2-4,7,10,12,17H,5-6H2,1H3. The van der Waals surface area contributed by atoms with Crippen molar-refractivity contribution in [1.29, 1.82) is 0 Å². The van der Waals surface area contributed by atoms with Gasteiger partial charge in [-0.15, -0.1) is 11.3 Å². The lowest BCUT2D eigenvalue weighted by Crippen LogP contribution is -2.26. The van der Waals surface area contributed by atoms with Crippen LogP contribution in [0.15, 0.2) is 28.9 Å². The average molecular weight is 324 g/mol. The Morgan fingerprint density at radius 2 is 2.11 bits per heavy atom. The molecule has 1 aliphatic carbocycles. The second kappa shape index (κ2) is 4.76. The predicted molar refractivity (Wildman–Crippen MR) is 78.0 cm³/mol. The molecule has 0 atom stereocenters. The van der Waals surface area contributed by atoms with E-state index in [0.29, 0.717) is 5.92 Å². The summed E-state index contributed by atoms with van der Waals surface area (Å²) in [6.07, 6.45) is 3.57. The minimum Gasteiger partial charge on any atom is -0.393 e. The first kappa shape index (κ1) is 12.3. The molecule has 0 saturated heterocycles. The molecule has 1 aromatic heterocycles. The highest BCUT2D eigenvalue weighted by Crippen LogP contribution is 2.40. The number of aliphatic hydroxyl groups excluding tert-OH is 1. The molecular weight excluding hydrogens is 310 g/mol. The van der Waals surface area contributed by atoms with Gasteiger partial charge in [-0.2, -0.15) is 0 Å². The van der Waals surface area contributed by atoms with Gasteiger partial charge in [-0.3, -0.25) is 0 Å². The summed E-state index contributed by atoms with van der Waals surface area (Å²) >= 11 is 5.28. The molecule has 0 amide bonds. The smallest absolute Gasteiger partial charge is 0.0964 e. The number of rotatable bonds is 2. The number of benzene rings is 1. The van der Waals surface area contributed by atoms with Crippen molar-refractivity contribution in [2.75, 3.05) is 0 Å². The van der Waals surface area contributed by atoms with E-state index in [0.717, 1.165) is 22.3 Å². The molecule has 1 fully saturated rings. The first-order valence-electron chi connectivity index (χ1n) is 6.03. The fourth-order valence-electron chi connectivity index (χ4n) is 2.28. The number of aliphatic hydroxyl groups is 1. The van der Waals surface area contributed by atoms with Crippen molar-refractivity contribution in [3.8, 4) is 10.4 Å². The molecule has 0 unspecified atom stereocenters. The van der Waals surface area contributed by atoms with Crippen LogP contribution >= 0.6 is 27.3 Å². The number of hydrogen-bond acceptors (Lipinski definition) is 3. The van der Waals surface area contributed by atoms with E-state index in [2.05, 4.69) is 46.0 Å². The molecule has 3 rings (SSSR count). The van der Waals surface area contributed by atoms with Crippen LogP contribution in [0.3, 0.4) is 0 Å². The normalized spacial score (nSPS) is 22.8. The third kappa shape index (κ3) is 2.37. The minimum absolute atomic E-state index is 0.115. The molecule has 0 spiro atoms. The molecule has 0 bridgehead atoms. The van der Waals surface area contributed by atoms with Crippen molar-refractivity contribution in [3.05, 3.63) is 39.4 Å². The maximum atomic E-state index is 9.35. The van der Waals surface area contributed by atoms with Crippen LogP contribution in [0.25, 0.3) is 10.4 Å². The van der Waals surface area contributed by atoms with E-state index in [1.54, 1.807) is 11.3 Å². The van der Waals surface area contributed by atoms with Crippen molar-refractivity contribution in [2.24, 2.45) is 0 Å². The summed E-state index contributed by atoms with van der Waals surface area (Å²) in [6.45, 7) is 2.10. The summed E-state index contributed by atoms with van der Waals surface area (Å²) in [6, 6.07) is 6.41. The van der Waals surface area contributed by atoms with E-state index in [4.69, 9.17) is 0 Å². The number of hydrogen-bond donors (Lipinski definition) is 1. The molecule has 1 saturated carbocycles. The van der Waals surface area contributed by atoms with Crippen LogP contribution in [0.1, 0.15) is 29.3 Å². The first-order valence-corrected chi connectivity index (χ1v) is 7.64. The van der Waals surface area contributed by atoms with Crippen LogP contribution in [0.2, 0.25) is 0 Å². The Morgan fingerprint density at radius 1 is 1.33 bits per heavy atom. The van der Waals surface area contributed by atoms with Crippen LogP contribution in [-0.2, 0) is 0 Å². The lowest BCUT2D eigenvalue weighted by molar-refractivity contribution is 0.0745. The van der Waals surface area contributed by atoms with Gasteiger partial charge in [0.2, 0.25) is 0 Å². The Kier molecular flexibility index (Phi) is 3.26. The second-order valence-corrected chi connectivity index (χ2v) is 6.88. The van der Waals surface area contributed by atoms with E-state index >= 15 is 0 Å². The van der Waals surface area contributed by atoms with Crippen LogP contribution in [0.4, 0.5) is 0 Å². The van der Waals surface area contributed by atoms with E-state index in [9.17, 15) is 5.11 Å². The van der Waals surface area contributed by atoms with Gasteiger partial charge in [-0.25, -0.2) is 4.98 Å². The number of thiazole rings is 1. The van der Waals surface area contributed by atoms with Gasteiger partial charge in [-0.1, -0.05) is 22.0 Å². The third-order valence-corrected chi connectivity index (χ3v) is 4.98. The monoisotopic (exact) mass is 323 g/mol. The summed E-state index contributed by atoms with van der Waals surface area (Å²) in [5.41, 5.74) is 2.46. The fourth-order valence-corrected chi connectivity index (χ4v) is 3.92. The van der Waals surface area contributed by atoms with Crippen molar-refractivity contribution in [3.63, 3.8) is 0 Å². The van der Waals surface area contributed by atoms with Gasteiger partial charge in [0.05, 0.1) is 16.0 Å². The van der Waals surface area contributed by atoms with Crippen molar-refractivity contribution in [1.82, 2.24) is 4.98 Å². The molecule has 2 nitrogen and oxygen atoms in total. The van der Waals surface area contributed by atoms with Gasteiger partial charge in [-0.05, 0) is 43.0 Å². The van der Waals surface area contributed by atoms with Gasteiger partial charge in [0, 0.05) is 16.6 Å². The maximum absolute atomic E-state index is 9.35. The zero-order valence-corrected chi connectivity index (χ0v) is 12.5.